The number of hydrogen-bond donors (Lipinski definition) is 1. The van der Waals surface area contributed by atoms with Crippen molar-refractivity contribution in [3.8, 4) is 11.5 Å². The summed E-state index contributed by atoms with van der Waals surface area (Å²) < 4.78 is 36.1. The summed E-state index contributed by atoms with van der Waals surface area (Å²) in [5.41, 5.74) is 1.52. The normalized spacial score (nSPS) is 23.9. The van der Waals surface area contributed by atoms with Crippen LogP contribution in [0.4, 0.5) is 8.78 Å². The first-order valence-corrected chi connectivity index (χ1v) is 8.31. The van der Waals surface area contributed by atoms with E-state index in [1.807, 2.05) is 35.2 Å². The molecule has 7 heteroatoms. The lowest BCUT2D eigenvalue weighted by molar-refractivity contribution is -0.287. The Morgan fingerprint density at radius 1 is 1.12 bits per heavy atom. The number of halogens is 2. The molecule has 4 rings (SSSR count). The van der Waals surface area contributed by atoms with E-state index in [0.717, 1.165) is 5.56 Å². The lowest BCUT2D eigenvalue weighted by atomic mass is 9.88. The lowest BCUT2D eigenvalue weighted by Gasteiger charge is -2.17. The highest BCUT2D eigenvalue weighted by Crippen LogP contribution is 2.48. The molecule has 2 aliphatic rings. The van der Waals surface area contributed by atoms with Gasteiger partial charge in [0.1, 0.15) is 0 Å². The first-order valence-electron chi connectivity index (χ1n) is 8.31. The van der Waals surface area contributed by atoms with Crippen LogP contribution in [-0.4, -0.2) is 35.4 Å². The van der Waals surface area contributed by atoms with Crippen molar-refractivity contribution in [2.45, 2.75) is 18.8 Å². The highest BCUT2D eigenvalue weighted by Gasteiger charge is 2.47. The minimum absolute atomic E-state index is 0.0573. The van der Waals surface area contributed by atoms with E-state index < -0.39 is 24.1 Å². The number of fused-ring (bicyclic) bond motifs is 1. The van der Waals surface area contributed by atoms with Crippen LogP contribution in [0.5, 0.6) is 11.5 Å². The van der Waals surface area contributed by atoms with Gasteiger partial charge in [-0.1, -0.05) is 42.5 Å². The fraction of sp³-hybridized carbons (Fsp3) is 0.316. The van der Waals surface area contributed by atoms with E-state index in [4.69, 9.17) is 0 Å². The van der Waals surface area contributed by atoms with Crippen LogP contribution in [0.2, 0.25) is 0 Å². The first-order chi connectivity index (χ1) is 12.4. The zero-order valence-corrected chi connectivity index (χ0v) is 13.8. The number of ether oxygens (including phenoxy) is 2. The SMILES string of the molecule is O=C(O)C1CN(Cc2ccccc2)CC1c1cccc2c1OC(F)(F)O2. The van der Waals surface area contributed by atoms with Crippen molar-refractivity contribution in [1.82, 2.24) is 4.90 Å². The molecule has 2 unspecified atom stereocenters. The summed E-state index contributed by atoms with van der Waals surface area (Å²) in [6, 6.07) is 14.3. The summed E-state index contributed by atoms with van der Waals surface area (Å²) >= 11 is 0. The summed E-state index contributed by atoms with van der Waals surface area (Å²) in [5, 5.41) is 9.63. The number of carboxylic acids is 1. The summed E-state index contributed by atoms with van der Waals surface area (Å²) in [4.78, 5) is 13.8. The summed E-state index contributed by atoms with van der Waals surface area (Å²) in [5.74, 6) is -2.23. The van der Waals surface area contributed by atoms with Gasteiger partial charge in [0.2, 0.25) is 0 Å². The van der Waals surface area contributed by atoms with Crippen LogP contribution in [0.15, 0.2) is 48.5 Å². The number of carboxylic acid groups (broad SMARTS) is 1. The van der Waals surface area contributed by atoms with Crippen LogP contribution in [0.1, 0.15) is 17.0 Å². The number of hydrogen-bond acceptors (Lipinski definition) is 4. The Balaban J connectivity index is 1.62. The Labute approximate surface area is 148 Å². The lowest BCUT2D eigenvalue weighted by Crippen LogP contribution is -2.26. The summed E-state index contributed by atoms with van der Waals surface area (Å²) in [6.45, 7) is 1.39. The molecule has 2 heterocycles. The third-order valence-corrected chi connectivity index (χ3v) is 4.82. The summed E-state index contributed by atoms with van der Waals surface area (Å²) in [7, 11) is 0. The van der Waals surface area contributed by atoms with E-state index in [1.165, 1.54) is 6.07 Å². The topological polar surface area (TPSA) is 59.0 Å². The van der Waals surface area contributed by atoms with Gasteiger partial charge in [0.05, 0.1) is 5.92 Å². The van der Waals surface area contributed by atoms with Gasteiger partial charge >= 0.3 is 12.3 Å². The average molecular weight is 361 g/mol. The third kappa shape index (κ3) is 3.10. The van der Waals surface area contributed by atoms with E-state index in [2.05, 4.69) is 9.47 Å². The highest BCUT2D eigenvalue weighted by atomic mass is 19.3. The molecule has 0 bridgehead atoms. The molecule has 1 fully saturated rings. The van der Waals surface area contributed by atoms with E-state index in [1.54, 1.807) is 12.1 Å². The second-order valence-electron chi connectivity index (χ2n) is 6.57. The van der Waals surface area contributed by atoms with Crippen molar-refractivity contribution >= 4 is 5.97 Å². The van der Waals surface area contributed by atoms with Crippen LogP contribution in [0.25, 0.3) is 0 Å². The quantitative estimate of drug-likeness (QED) is 0.905. The Kier molecular flexibility index (Phi) is 4.03. The maximum absolute atomic E-state index is 13.5. The van der Waals surface area contributed by atoms with Gasteiger partial charge in [-0.2, -0.15) is 0 Å². The number of carbonyl (C=O) groups is 1. The predicted octanol–water partition coefficient (Wildman–Crippen LogP) is 3.31. The number of rotatable bonds is 4. The van der Waals surface area contributed by atoms with Crippen LogP contribution < -0.4 is 9.47 Å². The molecule has 2 aromatic rings. The molecule has 136 valence electrons. The van der Waals surface area contributed by atoms with Gasteiger partial charge in [-0.15, -0.1) is 8.78 Å². The van der Waals surface area contributed by atoms with E-state index in [0.29, 0.717) is 25.2 Å². The van der Waals surface area contributed by atoms with E-state index >= 15 is 0 Å². The maximum atomic E-state index is 13.5. The predicted molar refractivity (Wildman–Crippen MR) is 88.2 cm³/mol. The number of aliphatic carboxylic acids is 1. The zero-order chi connectivity index (χ0) is 18.3. The number of nitrogens with zero attached hydrogens (tertiary/aromatic N) is 1. The summed E-state index contributed by atoms with van der Waals surface area (Å²) in [6.07, 6.45) is -3.72. The second kappa shape index (κ2) is 6.25. The standard InChI is InChI=1S/C19H17F2NO4/c20-19(21)25-16-8-4-7-13(17(16)26-19)14-10-22(11-15(14)18(23)24)9-12-5-2-1-3-6-12/h1-8,14-15H,9-11H2,(H,23,24). The Morgan fingerprint density at radius 2 is 1.88 bits per heavy atom. The molecule has 0 saturated carbocycles. The molecular weight excluding hydrogens is 344 g/mol. The van der Waals surface area contributed by atoms with Crippen molar-refractivity contribution in [2.75, 3.05) is 13.1 Å². The molecule has 2 aliphatic heterocycles. The molecule has 0 aliphatic carbocycles. The molecule has 1 saturated heterocycles. The molecule has 26 heavy (non-hydrogen) atoms. The Morgan fingerprint density at radius 3 is 2.62 bits per heavy atom. The minimum Gasteiger partial charge on any atom is -0.481 e. The second-order valence-corrected chi connectivity index (χ2v) is 6.57. The van der Waals surface area contributed by atoms with Gasteiger partial charge in [0.25, 0.3) is 0 Å². The monoisotopic (exact) mass is 361 g/mol. The fourth-order valence-corrected chi connectivity index (χ4v) is 3.70. The van der Waals surface area contributed by atoms with Gasteiger partial charge in [0.15, 0.2) is 11.5 Å². The molecule has 0 spiro atoms. The number of likely N-dealkylation sites (tertiary alicyclic amines) is 1. The van der Waals surface area contributed by atoms with Gasteiger partial charge in [-0.05, 0) is 11.6 Å². The molecule has 0 aromatic heterocycles. The van der Waals surface area contributed by atoms with Crippen molar-refractivity contribution in [2.24, 2.45) is 5.92 Å². The van der Waals surface area contributed by atoms with Crippen LogP contribution >= 0.6 is 0 Å². The van der Waals surface area contributed by atoms with Crippen LogP contribution in [0, 0.1) is 5.92 Å². The maximum Gasteiger partial charge on any atom is 0.586 e. The molecule has 5 nitrogen and oxygen atoms in total. The van der Waals surface area contributed by atoms with Gasteiger partial charge in [0, 0.05) is 31.1 Å². The Bertz CT molecular complexity index is 828. The molecular formula is C19H17F2NO4. The third-order valence-electron chi connectivity index (χ3n) is 4.82. The van der Waals surface area contributed by atoms with Crippen LogP contribution in [0.3, 0.4) is 0 Å². The van der Waals surface area contributed by atoms with Crippen molar-refractivity contribution < 1.29 is 28.2 Å². The van der Waals surface area contributed by atoms with Crippen molar-refractivity contribution in [1.29, 1.82) is 0 Å². The zero-order valence-electron chi connectivity index (χ0n) is 13.8. The van der Waals surface area contributed by atoms with Gasteiger partial charge in [-0.25, -0.2) is 0 Å². The minimum atomic E-state index is -3.72. The molecule has 2 aromatic carbocycles. The fourth-order valence-electron chi connectivity index (χ4n) is 3.70. The van der Waals surface area contributed by atoms with Crippen LogP contribution in [-0.2, 0) is 11.3 Å². The van der Waals surface area contributed by atoms with Gasteiger partial charge in [-0.3, -0.25) is 9.69 Å². The number of para-hydroxylation sites is 1. The van der Waals surface area contributed by atoms with E-state index in [-0.39, 0.29) is 11.5 Å². The highest BCUT2D eigenvalue weighted by molar-refractivity contribution is 5.73. The Hall–Kier alpha value is -2.67. The van der Waals surface area contributed by atoms with Crippen molar-refractivity contribution in [3.63, 3.8) is 0 Å². The first kappa shape index (κ1) is 16.8. The largest absolute Gasteiger partial charge is 0.586 e. The van der Waals surface area contributed by atoms with E-state index in [9.17, 15) is 18.7 Å². The molecule has 0 amide bonds. The molecule has 1 N–H and O–H groups in total. The molecule has 2 atom stereocenters. The van der Waals surface area contributed by atoms with Gasteiger partial charge < -0.3 is 14.6 Å². The number of alkyl halides is 2. The molecule has 0 radical (unpaired) electrons. The smallest absolute Gasteiger partial charge is 0.481 e. The number of benzene rings is 2. The average Bonchev–Trinajstić information content (AvgIpc) is 3.14. The van der Waals surface area contributed by atoms with Crippen molar-refractivity contribution in [3.05, 3.63) is 59.7 Å².